The number of esters is 1. The summed E-state index contributed by atoms with van der Waals surface area (Å²) in [5, 5.41) is 9.99. The first-order valence-corrected chi connectivity index (χ1v) is 11.5. The van der Waals surface area contributed by atoms with Crippen molar-refractivity contribution in [3.8, 4) is 5.75 Å². The smallest absolute Gasteiger partial charge is 0.322 e. The first-order chi connectivity index (χ1) is 15.8. The third-order valence-electron chi connectivity index (χ3n) is 4.87. The molecule has 0 amide bonds. The number of sulfonamides is 1. The summed E-state index contributed by atoms with van der Waals surface area (Å²) in [5.41, 5.74) is 0.712. The lowest BCUT2D eigenvalue weighted by atomic mass is 9.96. The van der Waals surface area contributed by atoms with E-state index < -0.39 is 33.9 Å². The van der Waals surface area contributed by atoms with Crippen LogP contribution in [-0.4, -0.2) is 49.5 Å². The van der Waals surface area contributed by atoms with Crippen molar-refractivity contribution in [1.29, 1.82) is 0 Å². The molecule has 2 rings (SSSR count). The van der Waals surface area contributed by atoms with Crippen LogP contribution in [0.1, 0.15) is 12.0 Å². The lowest BCUT2D eigenvalue weighted by Crippen LogP contribution is -2.51. The van der Waals surface area contributed by atoms with Gasteiger partial charge in [0.15, 0.2) is 0 Å². The summed E-state index contributed by atoms with van der Waals surface area (Å²) in [6.45, 7) is 6.73. The summed E-state index contributed by atoms with van der Waals surface area (Å²) in [4.78, 5) is 25.1. The van der Waals surface area contributed by atoms with Gasteiger partial charge in [0.2, 0.25) is 10.0 Å². The molecule has 9 heteroatoms. The van der Waals surface area contributed by atoms with Gasteiger partial charge in [-0.1, -0.05) is 42.5 Å². The minimum atomic E-state index is -4.31. The number of carboxylic acids is 1. The minimum absolute atomic E-state index is 0.0770. The van der Waals surface area contributed by atoms with Gasteiger partial charge in [0, 0.05) is 6.54 Å². The first kappa shape index (κ1) is 25.8. The van der Waals surface area contributed by atoms with Crippen LogP contribution in [0.3, 0.4) is 0 Å². The Balaban J connectivity index is 2.42. The maximum absolute atomic E-state index is 13.4. The number of allylic oxidation sites excluding steroid dienone is 1. The molecule has 2 unspecified atom stereocenters. The summed E-state index contributed by atoms with van der Waals surface area (Å²) >= 11 is 0. The topological polar surface area (TPSA) is 110 Å². The number of hydrogen-bond donors (Lipinski definition) is 1. The predicted molar refractivity (Wildman–Crippen MR) is 123 cm³/mol. The van der Waals surface area contributed by atoms with Crippen molar-refractivity contribution in [2.45, 2.75) is 24.0 Å². The van der Waals surface area contributed by atoms with Gasteiger partial charge < -0.3 is 14.6 Å². The van der Waals surface area contributed by atoms with Crippen LogP contribution < -0.4 is 4.74 Å². The Morgan fingerprint density at radius 2 is 1.70 bits per heavy atom. The Hall–Kier alpha value is -3.43. The summed E-state index contributed by atoms with van der Waals surface area (Å²) in [5.74, 6) is -3.22. The highest BCUT2D eigenvalue weighted by Crippen LogP contribution is 2.27. The Morgan fingerprint density at radius 3 is 2.21 bits per heavy atom. The van der Waals surface area contributed by atoms with Crippen molar-refractivity contribution >= 4 is 22.0 Å². The lowest BCUT2D eigenvalue weighted by Gasteiger charge is -2.31. The van der Waals surface area contributed by atoms with Crippen molar-refractivity contribution in [2.75, 3.05) is 13.7 Å². The highest BCUT2D eigenvalue weighted by molar-refractivity contribution is 7.89. The van der Waals surface area contributed by atoms with Crippen LogP contribution in [0.4, 0.5) is 0 Å². The third kappa shape index (κ3) is 6.53. The van der Waals surface area contributed by atoms with Gasteiger partial charge in [0.05, 0.1) is 17.9 Å². The maximum Gasteiger partial charge on any atom is 0.322 e. The predicted octanol–water partition coefficient (Wildman–Crippen LogP) is 3.26. The van der Waals surface area contributed by atoms with E-state index in [1.165, 1.54) is 43.5 Å². The van der Waals surface area contributed by atoms with E-state index in [-0.39, 0.29) is 24.5 Å². The Kier molecular flexibility index (Phi) is 9.38. The highest BCUT2D eigenvalue weighted by Gasteiger charge is 2.43. The number of nitrogens with zero attached hydrogens (tertiary/aromatic N) is 1. The lowest BCUT2D eigenvalue weighted by molar-refractivity contribution is -0.158. The number of carbonyl (C=O) groups excluding carboxylic acids is 1. The zero-order valence-corrected chi connectivity index (χ0v) is 19.1. The van der Waals surface area contributed by atoms with Gasteiger partial charge >= 0.3 is 11.9 Å². The van der Waals surface area contributed by atoms with E-state index in [9.17, 15) is 23.1 Å². The highest BCUT2D eigenvalue weighted by atomic mass is 32.2. The van der Waals surface area contributed by atoms with Crippen molar-refractivity contribution in [3.63, 3.8) is 0 Å². The third-order valence-corrected chi connectivity index (χ3v) is 6.73. The summed E-state index contributed by atoms with van der Waals surface area (Å²) < 4.78 is 37.9. The van der Waals surface area contributed by atoms with Crippen LogP contribution in [0.25, 0.3) is 0 Å². The van der Waals surface area contributed by atoms with Crippen molar-refractivity contribution in [2.24, 2.45) is 5.92 Å². The largest absolute Gasteiger partial charge is 0.497 e. The van der Waals surface area contributed by atoms with Gasteiger partial charge in [-0.05, 0) is 36.2 Å². The average molecular weight is 474 g/mol. The number of ether oxygens (including phenoxy) is 2. The zero-order valence-electron chi connectivity index (χ0n) is 18.3. The second-order valence-corrected chi connectivity index (χ2v) is 8.94. The molecule has 0 heterocycles. The molecule has 0 aromatic heterocycles. The molecule has 2 aromatic carbocycles. The van der Waals surface area contributed by atoms with Crippen molar-refractivity contribution < 1.29 is 32.6 Å². The second-order valence-electron chi connectivity index (χ2n) is 7.05. The van der Waals surface area contributed by atoms with E-state index in [0.29, 0.717) is 11.3 Å². The molecule has 1 N–H and O–H groups in total. The van der Waals surface area contributed by atoms with Crippen LogP contribution in [0.15, 0.2) is 84.8 Å². The van der Waals surface area contributed by atoms with Crippen LogP contribution in [-0.2, 0) is 31.0 Å². The fourth-order valence-corrected chi connectivity index (χ4v) is 4.83. The molecule has 0 spiro atoms. The SMILES string of the molecule is C=CCC(C(=O)OCc1ccccc1)C(C(=O)O)N(CC=C)S(=O)(=O)c1ccc(OC)cc1. The molecule has 0 radical (unpaired) electrons. The van der Waals surface area contributed by atoms with Gasteiger partial charge in [-0.3, -0.25) is 9.59 Å². The fourth-order valence-electron chi connectivity index (χ4n) is 3.24. The number of methoxy groups -OCH3 is 1. The molecule has 0 fully saturated rings. The summed E-state index contributed by atoms with van der Waals surface area (Å²) in [7, 11) is -2.87. The summed E-state index contributed by atoms with van der Waals surface area (Å²) in [6.07, 6.45) is 2.52. The number of hydrogen-bond acceptors (Lipinski definition) is 6. The van der Waals surface area contributed by atoms with Crippen LogP contribution in [0, 0.1) is 5.92 Å². The van der Waals surface area contributed by atoms with E-state index in [1.54, 1.807) is 24.3 Å². The molecule has 0 aliphatic carbocycles. The molecule has 0 aliphatic heterocycles. The van der Waals surface area contributed by atoms with Gasteiger partial charge in [-0.2, -0.15) is 4.31 Å². The van der Waals surface area contributed by atoms with Crippen LogP contribution >= 0.6 is 0 Å². The molecular formula is C24H27NO7S. The van der Waals surface area contributed by atoms with Crippen molar-refractivity contribution in [3.05, 3.63) is 85.5 Å². The molecule has 176 valence electrons. The number of carbonyl (C=O) groups is 2. The van der Waals surface area contributed by atoms with Gasteiger partial charge in [-0.25, -0.2) is 8.42 Å². The molecule has 0 saturated heterocycles. The van der Waals surface area contributed by atoms with Gasteiger partial charge in [0.1, 0.15) is 18.4 Å². The van der Waals surface area contributed by atoms with Gasteiger partial charge in [-0.15, -0.1) is 13.2 Å². The Bertz CT molecular complexity index is 1070. The standard InChI is InChI=1S/C24H27NO7S/c1-4-9-21(24(28)32-17-18-10-7-6-8-11-18)22(23(26)27)25(16-5-2)33(29,30)20-14-12-19(31-3)13-15-20/h4-8,10-15,21-22H,1-2,9,16-17H2,3H3,(H,26,27). The zero-order chi connectivity index (χ0) is 24.4. The quantitative estimate of drug-likeness (QED) is 0.351. The van der Waals surface area contributed by atoms with E-state index >= 15 is 0 Å². The molecule has 2 aromatic rings. The van der Waals surface area contributed by atoms with Crippen molar-refractivity contribution in [1.82, 2.24) is 4.31 Å². The second kappa shape index (κ2) is 12.0. The molecular weight excluding hydrogens is 446 g/mol. The maximum atomic E-state index is 13.4. The average Bonchev–Trinajstić information content (AvgIpc) is 2.82. The number of carboxylic acid groups (broad SMARTS) is 1. The molecule has 33 heavy (non-hydrogen) atoms. The van der Waals surface area contributed by atoms with E-state index in [4.69, 9.17) is 9.47 Å². The molecule has 8 nitrogen and oxygen atoms in total. The monoisotopic (exact) mass is 473 g/mol. The van der Waals surface area contributed by atoms with E-state index in [1.807, 2.05) is 6.07 Å². The molecule has 0 aliphatic rings. The fraction of sp³-hybridized carbons (Fsp3) is 0.250. The molecule has 0 bridgehead atoms. The van der Waals surface area contributed by atoms with Crippen LogP contribution in [0.2, 0.25) is 0 Å². The molecule has 2 atom stereocenters. The van der Waals surface area contributed by atoms with E-state index in [0.717, 1.165) is 4.31 Å². The Labute approximate surface area is 193 Å². The number of aliphatic carboxylic acids is 1. The Morgan fingerprint density at radius 1 is 1.06 bits per heavy atom. The number of rotatable bonds is 13. The molecule has 0 saturated carbocycles. The number of benzene rings is 2. The normalized spacial score (nSPS) is 13.0. The first-order valence-electron chi connectivity index (χ1n) is 10.1. The van der Waals surface area contributed by atoms with Gasteiger partial charge in [0.25, 0.3) is 0 Å². The van der Waals surface area contributed by atoms with E-state index in [2.05, 4.69) is 13.2 Å². The van der Waals surface area contributed by atoms with Crippen LogP contribution in [0.5, 0.6) is 5.75 Å². The minimum Gasteiger partial charge on any atom is -0.497 e. The summed E-state index contributed by atoms with van der Waals surface area (Å²) in [6, 6.07) is 12.6.